The molecule has 0 aliphatic carbocycles. The van der Waals surface area contributed by atoms with Gasteiger partial charge in [0.2, 0.25) is 0 Å². The summed E-state index contributed by atoms with van der Waals surface area (Å²) < 4.78 is 4.90. The van der Waals surface area contributed by atoms with E-state index in [1.165, 1.54) is 64.7 Å². The van der Waals surface area contributed by atoms with Crippen LogP contribution in [-0.4, -0.2) is 12.6 Å². The molecule has 0 saturated carbocycles. The zero-order chi connectivity index (χ0) is 14.2. The average Bonchev–Trinajstić information content (AvgIpc) is 2.39. The molecule has 2 heteroatoms. The van der Waals surface area contributed by atoms with Gasteiger partial charge in [-0.1, -0.05) is 64.0 Å². The van der Waals surface area contributed by atoms with Crippen molar-refractivity contribution in [3.63, 3.8) is 0 Å². The van der Waals surface area contributed by atoms with Gasteiger partial charge in [0, 0.05) is 6.92 Å². The summed E-state index contributed by atoms with van der Waals surface area (Å²) in [4.78, 5) is 10.5. The van der Waals surface area contributed by atoms with Crippen molar-refractivity contribution in [2.45, 2.75) is 84.5 Å². The molecule has 19 heavy (non-hydrogen) atoms. The standard InChI is InChI=1S/C17H32O2/c1-3-4-5-6-7-8-9-10-11-12-13-14-15-16-19-17(2)18/h4-5H,3,6-16H2,1-2H3/b5-4+. The summed E-state index contributed by atoms with van der Waals surface area (Å²) in [6.07, 6.45) is 18.6. The van der Waals surface area contributed by atoms with Gasteiger partial charge in [-0.2, -0.15) is 0 Å². The highest BCUT2D eigenvalue weighted by atomic mass is 16.5. The van der Waals surface area contributed by atoms with Crippen LogP contribution in [0, 0.1) is 0 Å². The van der Waals surface area contributed by atoms with Gasteiger partial charge >= 0.3 is 5.97 Å². The van der Waals surface area contributed by atoms with Crippen LogP contribution < -0.4 is 0 Å². The number of carbonyl (C=O) groups excluding carboxylic acids is 1. The van der Waals surface area contributed by atoms with E-state index in [1.807, 2.05) is 0 Å². The fourth-order valence-corrected chi connectivity index (χ4v) is 2.10. The van der Waals surface area contributed by atoms with Crippen molar-refractivity contribution < 1.29 is 9.53 Å². The quantitative estimate of drug-likeness (QED) is 0.253. The van der Waals surface area contributed by atoms with Crippen molar-refractivity contribution in [1.82, 2.24) is 0 Å². The first-order chi connectivity index (χ1) is 9.27. The van der Waals surface area contributed by atoms with E-state index in [0.29, 0.717) is 6.61 Å². The van der Waals surface area contributed by atoms with E-state index in [0.717, 1.165) is 12.8 Å². The SMILES string of the molecule is CC/C=C/CCCCCCCCCCCOC(C)=O. The Morgan fingerprint density at radius 1 is 0.842 bits per heavy atom. The van der Waals surface area contributed by atoms with E-state index in [4.69, 9.17) is 4.74 Å². The largest absolute Gasteiger partial charge is 0.466 e. The highest BCUT2D eigenvalue weighted by molar-refractivity contribution is 5.65. The predicted octanol–water partition coefficient (Wildman–Crippen LogP) is 5.42. The Bertz CT molecular complexity index is 221. The number of carbonyl (C=O) groups is 1. The molecule has 0 aromatic carbocycles. The van der Waals surface area contributed by atoms with Crippen molar-refractivity contribution >= 4 is 5.97 Å². The molecule has 0 rings (SSSR count). The highest BCUT2D eigenvalue weighted by Crippen LogP contribution is 2.10. The van der Waals surface area contributed by atoms with Crippen molar-refractivity contribution in [3.05, 3.63) is 12.2 Å². The van der Waals surface area contributed by atoms with E-state index in [-0.39, 0.29) is 5.97 Å². The summed E-state index contributed by atoms with van der Waals surface area (Å²) in [6.45, 7) is 4.25. The fraction of sp³-hybridized carbons (Fsp3) is 0.824. The summed E-state index contributed by atoms with van der Waals surface area (Å²) in [5.41, 5.74) is 0. The predicted molar refractivity (Wildman–Crippen MR) is 82.2 cm³/mol. The molecule has 0 aromatic heterocycles. The van der Waals surface area contributed by atoms with Gasteiger partial charge in [0.05, 0.1) is 6.61 Å². The van der Waals surface area contributed by atoms with Crippen LogP contribution in [0.3, 0.4) is 0 Å². The Balaban J connectivity index is 2.99. The number of allylic oxidation sites excluding steroid dienone is 2. The third-order valence-corrected chi connectivity index (χ3v) is 3.22. The van der Waals surface area contributed by atoms with Crippen molar-refractivity contribution in [3.8, 4) is 0 Å². The Hall–Kier alpha value is -0.790. The maximum Gasteiger partial charge on any atom is 0.302 e. The van der Waals surface area contributed by atoms with Gasteiger partial charge < -0.3 is 4.74 Å². The minimum atomic E-state index is -0.159. The van der Waals surface area contributed by atoms with Crippen LogP contribution in [0.5, 0.6) is 0 Å². The van der Waals surface area contributed by atoms with Gasteiger partial charge in [-0.15, -0.1) is 0 Å². The summed E-state index contributed by atoms with van der Waals surface area (Å²) in [5.74, 6) is -0.159. The van der Waals surface area contributed by atoms with Crippen molar-refractivity contribution in [2.75, 3.05) is 6.61 Å². The maximum absolute atomic E-state index is 10.5. The lowest BCUT2D eigenvalue weighted by atomic mass is 10.1. The Morgan fingerprint density at radius 2 is 1.37 bits per heavy atom. The zero-order valence-corrected chi connectivity index (χ0v) is 13.0. The summed E-state index contributed by atoms with van der Waals surface area (Å²) in [7, 11) is 0. The highest BCUT2D eigenvalue weighted by Gasteiger charge is 1.94. The first-order valence-corrected chi connectivity index (χ1v) is 8.05. The van der Waals surface area contributed by atoms with Gasteiger partial charge in [-0.25, -0.2) is 0 Å². The average molecular weight is 268 g/mol. The number of esters is 1. The monoisotopic (exact) mass is 268 g/mol. The van der Waals surface area contributed by atoms with Gasteiger partial charge in [0.25, 0.3) is 0 Å². The zero-order valence-electron chi connectivity index (χ0n) is 13.0. The molecule has 0 radical (unpaired) electrons. The summed E-state index contributed by atoms with van der Waals surface area (Å²) in [5, 5.41) is 0. The smallest absolute Gasteiger partial charge is 0.302 e. The molecule has 0 atom stereocenters. The number of unbranched alkanes of at least 4 members (excludes halogenated alkanes) is 9. The lowest BCUT2D eigenvalue weighted by molar-refractivity contribution is -0.141. The van der Waals surface area contributed by atoms with Gasteiger partial charge in [0.15, 0.2) is 0 Å². The molecule has 0 aliphatic rings. The summed E-state index contributed by atoms with van der Waals surface area (Å²) in [6, 6.07) is 0. The molecular formula is C17H32O2. The van der Waals surface area contributed by atoms with Crippen LogP contribution in [0.1, 0.15) is 84.5 Å². The second-order valence-electron chi connectivity index (χ2n) is 5.19. The van der Waals surface area contributed by atoms with E-state index in [1.54, 1.807) is 0 Å². The molecule has 112 valence electrons. The topological polar surface area (TPSA) is 26.3 Å². The van der Waals surface area contributed by atoms with Crippen LogP contribution in [0.2, 0.25) is 0 Å². The molecule has 0 saturated heterocycles. The molecule has 0 amide bonds. The molecule has 0 aliphatic heterocycles. The minimum absolute atomic E-state index is 0.159. The van der Waals surface area contributed by atoms with Crippen LogP contribution in [0.4, 0.5) is 0 Å². The molecule has 0 aromatic rings. The molecule has 0 N–H and O–H groups in total. The minimum Gasteiger partial charge on any atom is -0.466 e. The van der Waals surface area contributed by atoms with Crippen LogP contribution in [0.25, 0.3) is 0 Å². The lowest BCUT2D eigenvalue weighted by Gasteiger charge is -2.03. The molecule has 0 fully saturated rings. The maximum atomic E-state index is 10.5. The lowest BCUT2D eigenvalue weighted by Crippen LogP contribution is -2.00. The Labute approximate surface area is 119 Å². The normalized spacial score (nSPS) is 11.1. The molecule has 0 heterocycles. The van der Waals surface area contributed by atoms with E-state index >= 15 is 0 Å². The second-order valence-corrected chi connectivity index (χ2v) is 5.19. The van der Waals surface area contributed by atoms with Gasteiger partial charge in [-0.05, 0) is 25.7 Å². The Kier molecular flexibility index (Phi) is 14.6. The van der Waals surface area contributed by atoms with Crippen molar-refractivity contribution in [2.24, 2.45) is 0 Å². The van der Waals surface area contributed by atoms with Crippen molar-refractivity contribution in [1.29, 1.82) is 0 Å². The van der Waals surface area contributed by atoms with Gasteiger partial charge in [0.1, 0.15) is 0 Å². The molecule has 0 spiro atoms. The Morgan fingerprint density at radius 3 is 1.89 bits per heavy atom. The van der Waals surface area contributed by atoms with Crippen LogP contribution in [-0.2, 0) is 9.53 Å². The van der Waals surface area contributed by atoms with E-state index in [9.17, 15) is 4.79 Å². The third-order valence-electron chi connectivity index (χ3n) is 3.22. The molecule has 0 bridgehead atoms. The number of rotatable bonds is 13. The number of hydrogen-bond donors (Lipinski definition) is 0. The van der Waals surface area contributed by atoms with Crippen LogP contribution in [0.15, 0.2) is 12.2 Å². The number of ether oxygens (including phenoxy) is 1. The first-order valence-electron chi connectivity index (χ1n) is 8.05. The number of hydrogen-bond acceptors (Lipinski definition) is 2. The molecule has 0 unspecified atom stereocenters. The fourth-order valence-electron chi connectivity index (χ4n) is 2.10. The van der Waals surface area contributed by atoms with Gasteiger partial charge in [-0.3, -0.25) is 4.79 Å². The molecular weight excluding hydrogens is 236 g/mol. The van der Waals surface area contributed by atoms with E-state index in [2.05, 4.69) is 19.1 Å². The van der Waals surface area contributed by atoms with Crippen LogP contribution >= 0.6 is 0 Å². The van der Waals surface area contributed by atoms with E-state index < -0.39 is 0 Å². The summed E-state index contributed by atoms with van der Waals surface area (Å²) >= 11 is 0. The molecule has 2 nitrogen and oxygen atoms in total. The third kappa shape index (κ3) is 17.2. The second kappa shape index (κ2) is 15.3. The first kappa shape index (κ1) is 18.2.